The van der Waals surface area contributed by atoms with E-state index in [4.69, 9.17) is 9.47 Å². The second kappa shape index (κ2) is 6.50. The van der Waals surface area contributed by atoms with Crippen LogP contribution in [0.3, 0.4) is 0 Å². The van der Waals surface area contributed by atoms with Gasteiger partial charge in [-0.25, -0.2) is 0 Å². The van der Waals surface area contributed by atoms with E-state index in [1.807, 2.05) is 6.07 Å². The number of para-hydroxylation sites is 1. The number of likely N-dealkylation sites (tertiary alicyclic amines) is 1. The standard InChI is InChI=1S/C19H23NO3/c1-13-5-4-6-14(2)19(13)23-16-11-20(12-16)10-15-7-8-18(22-3)17(21)9-15/h4-9,16,21H,10-12H2,1-3H3. The van der Waals surface area contributed by atoms with E-state index in [2.05, 4.69) is 36.9 Å². The maximum Gasteiger partial charge on any atom is 0.160 e. The van der Waals surface area contributed by atoms with Crippen LogP contribution in [-0.2, 0) is 6.54 Å². The predicted molar refractivity (Wildman–Crippen MR) is 90.3 cm³/mol. The minimum absolute atomic E-state index is 0.189. The maximum absolute atomic E-state index is 9.83. The van der Waals surface area contributed by atoms with Crippen LogP contribution in [0.25, 0.3) is 0 Å². The van der Waals surface area contributed by atoms with Crippen LogP contribution in [0.1, 0.15) is 16.7 Å². The Kier molecular flexibility index (Phi) is 4.44. The topological polar surface area (TPSA) is 41.9 Å². The zero-order valence-corrected chi connectivity index (χ0v) is 13.9. The third kappa shape index (κ3) is 3.42. The molecular weight excluding hydrogens is 290 g/mol. The summed E-state index contributed by atoms with van der Waals surface area (Å²) in [6.45, 7) is 6.78. The van der Waals surface area contributed by atoms with Gasteiger partial charge in [-0.15, -0.1) is 0 Å². The highest BCUT2D eigenvalue weighted by Crippen LogP contribution is 2.29. The van der Waals surface area contributed by atoms with Gasteiger partial charge >= 0.3 is 0 Å². The molecule has 1 fully saturated rings. The van der Waals surface area contributed by atoms with Crippen molar-refractivity contribution in [3.8, 4) is 17.2 Å². The van der Waals surface area contributed by atoms with E-state index < -0.39 is 0 Å². The minimum Gasteiger partial charge on any atom is -0.504 e. The number of hydrogen-bond acceptors (Lipinski definition) is 4. The molecule has 0 radical (unpaired) electrons. The average molecular weight is 313 g/mol. The van der Waals surface area contributed by atoms with Gasteiger partial charge in [-0.3, -0.25) is 4.90 Å². The first kappa shape index (κ1) is 15.7. The Morgan fingerprint density at radius 2 is 1.83 bits per heavy atom. The highest BCUT2D eigenvalue weighted by molar-refractivity contribution is 5.42. The molecule has 0 saturated carbocycles. The van der Waals surface area contributed by atoms with Gasteiger partial charge in [-0.2, -0.15) is 0 Å². The largest absolute Gasteiger partial charge is 0.504 e. The maximum atomic E-state index is 9.83. The second-order valence-corrected chi connectivity index (χ2v) is 6.16. The molecular formula is C19H23NO3. The van der Waals surface area contributed by atoms with Crippen LogP contribution in [0.4, 0.5) is 0 Å². The van der Waals surface area contributed by atoms with Crippen LogP contribution in [0, 0.1) is 13.8 Å². The second-order valence-electron chi connectivity index (χ2n) is 6.16. The minimum atomic E-state index is 0.189. The fraction of sp³-hybridized carbons (Fsp3) is 0.368. The molecule has 0 bridgehead atoms. The molecule has 23 heavy (non-hydrogen) atoms. The third-order valence-corrected chi connectivity index (χ3v) is 4.27. The molecule has 3 rings (SSSR count). The number of hydrogen-bond donors (Lipinski definition) is 1. The molecule has 0 amide bonds. The Morgan fingerprint density at radius 3 is 2.43 bits per heavy atom. The summed E-state index contributed by atoms with van der Waals surface area (Å²) >= 11 is 0. The lowest BCUT2D eigenvalue weighted by molar-refractivity contribution is 0.0137. The molecule has 0 spiro atoms. The zero-order valence-electron chi connectivity index (χ0n) is 13.9. The first-order chi connectivity index (χ1) is 11.1. The number of methoxy groups -OCH3 is 1. The Labute approximate surface area is 137 Å². The summed E-state index contributed by atoms with van der Waals surface area (Å²) in [6, 6.07) is 11.8. The highest BCUT2D eigenvalue weighted by atomic mass is 16.5. The summed E-state index contributed by atoms with van der Waals surface area (Å²) in [6.07, 6.45) is 0.238. The van der Waals surface area contributed by atoms with Crippen molar-refractivity contribution in [1.82, 2.24) is 4.90 Å². The number of aryl methyl sites for hydroxylation is 2. The van der Waals surface area contributed by atoms with Gasteiger partial charge in [0, 0.05) is 19.6 Å². The number of phenolic OH excluding ortho intramolecular Hbond substituents is 1. The van der Waals surface area contributed by atoms with E-state index in [0.717, 1.165) is 30.9 Å². The summed E-state index contributed by atoms with van der Waals surface area (Å²) in [5.74, 6) is 1.71. The van der Waals surface area contributed by atoms with Crippen molar-refractivity contribution < 1.29 is 14.6 Å². The van der Waals surface area contributed by atoms with Gasteiger partial charge in [0.05, 0.1) is 7.11 Å². The number of rotatable bonds is 5. The van der Waals surface area contributed by atoms with Crippen molar-refractivity contribution in [1.29, 1.82) is 0 Å². The molecule has 1 aliphatic heterocycles. The molecule has 0 aromatic heterocycles. The first-order valence-corrected chi connectivity index (χ1v) is 7.88. The Hall–Kier alpha value is -2.20. The fourth-order valence-electron chi connectivity index (χ4n) is 2.97. The number of ether oxygens (including phenoxy) is 2. The quantitative estimate of drug-likeness (QED) is 0.920. The van der Waals surface area contributed by atoms with Crippen LogP contribution < -0.4 is 9.47 Å². The zero-order chi connectivity index (χ0) is 16.4. The molecule has 0 atom stereocenters. The number of nitrogens with zero attached hydrogens (tertiary/aromatic N) is 1. The van der Waals surface area contributed by atoms with Crippen molar-refractivity contribution in [2.45, 2.75) is 26.5 Å². The lowest BCUT2D eigenvalue weighted by Crippen LogP contribution is -2.53. The van der Waals surface area contributed by atoms with Crippen molar-refractivity contribution in [3.63, 3.8) is 0 Å². The van der Waals surface area contributed by atoms with E-state index in [1.165, 1.54) is 11.1 Å². The predicted octanol–water partition coefficient (Wildman–Crippen LogP) is 3.28. The SMILES string of the molecule is COc1ccc(CN2CC(Oc3c(C)cccc3C)C2)cc1O. The van der Waals surface area contributed by atoms with Gasteiger partial charge < -0.3 is 14.6 Å². The summed E-state index contributed by atoms with van der Waals surface area (Å²) in [5, 5.41) is 9.83. The van der Waals surface area contributed by atoms with Crippen LogP contribution in [0.15, 0.2) is 36.4 Å². The molecule has 1 saturated heterocycles. The molecule has 2 aromatic rings. The van der Waals surface area contributed by atoms with Gasteiger partial charge in [0.1, 0.15) is 11.9 Å². The smallest absolute Gasteiger partial charge is 0.160 e. The van der Waals surface area contributed by atoms with Gasteiger partial charge in [0.25, 0.3) is 0 Å². The third-order valence-electron chi connectivity index (χ3n) is 4.27. The highest BCUT2D eigenvalue weighted by Gasteiger charge is 2.29. The van der Waals surface area contributed by atoms with Crippen LogP contribution >= 0.6 is 0 Å². The number of benzene rings is 2. The lowest BCUT2D eigenvalue weighted by atomic mass is 10.1. The number of phenols is 1. The van der Waals surface area contributed by atoms with E-state index in [0.29, 0.717) is 5.75 Å². The summed E-state index contributed by atoms with van der Waals surface area (Å²) < 4.78 is 11.2. The molecule has 1 heterocycles. The van der Waals surface area contributed by atoms with E-state index in [-0.39, 0.29) is 11.9 Å². The van der Waals surface area contributed by atoms with Crippen molar-refractivity contribution in [2.24, 2.45) is 0 Å². The monoisotopic (exact) mass is 313 g/mol. The lowest BCUT2D eigenvalue weighted by Gasteiger charge is -2.39. The Morgan fingerprint density at radius 1 is 1.13 bits per heavy atom. The molecule has 0 unspecified atom stereocenters. The van der Waals surface area contributed by atoms with Gasteiger partial charge in [-0.05, 0) is 42.7 Å². The molecule has 1 N–H and O–H groups in total. The van der Waals surface area contributed by atoms with Crippen molar-refractivity contribution >= 4 is 0 Å². The van der Waals surface area contributed by atoms with Crippen LogP contribution in [0.5, 0.6) is 17.2 Å². The normalized spacial score (nSPS) is 15.3. The average Bonchev–Trinajstić information content (AvgIpc) is 2.48. The molecule has 4 heteroatoms. The van der Waals surface area contributed by atoms with Gasteiger partial charge in [0.15, 0.2) is 11.5 Å². The molecule has 0 aliphatic carbocycles. The van der Waals surface area contributed by atoms with E-state index in [1.54, 1.807) is 19.2 Å². The summed E-state index contributed by atoms with van der Waals surface area (Å²) in [4.78, 5) is 2.31. The van der Waals surface area contributed by atoms with Crippen LogP contribution in [-0.4, -0.2) is 36.3 Å². The van der Waals surface area contributed by atoms with Gasteiger partial charge in [-0.1, -0.05) is 24.3 Å². The summed E-state index contributed by atoms with van der Waals surface area (Å²) in [5.41, 5.74) is 3.45. The first-order valence-electron chi connectivity index (χ1n) is 7.88. The molecule has 4 nitrogen and oxygen atoms in total. The summed E-state index contributed by atoms with van der Waals surface area (Å²) in [7, 11) is 1.56. The van der Waals surface area contributed by atoms with Crippen molar-refractivity contribution in [2.75, 3.05) is 20.2 Å². The van der Waals surface area contributed by atoms with Crippen molar-refractivity contribution in [3.05, 3.63) is 53.1 Å². The fourth-order valence-corrected chi connectivity index (χ4v) is 2.97. The van der Waals surface area contributed by atoms with E-state index in [9.17, 15) is 5.11 Å². The Bertz CT molecular complexity index is 673. The van der Waals surface area contributed by atoms with Gasteiger partial charge in [0.2, 0.25) is 0 Å². The van der Waals surface area contributed by atoms with Crippen LogP contribution in [0.2, 0.25) is 0 Å². The molecule has 1 aliphatic rings. The molecule has 2 aromatic carbocycles. The Balaban J connectivity index is 1.54. The number of aromatic hydroxyl groups is 1. The molecule has 122 valence electrons. The van der Waals surface area contributed by atoms with E-state index >= 15 is 0 Å².